The van der Waals surface area contributed by atoms with E-state index in [9.17, 15) is 9.59 Å². The number of furan rings is 1. The summed E-state index contributed by atoms with van der Waals surface area (Å²) in [5.41, 5.74) is 1.11. The number of aryl methyl sites for hydroxylation is 1. The molecule has 2 bridgehead atoms. The minimum absolute atomic E-state index is 0.0622. The van der Waals surface area contributed by atoms with Crippen molar-refractivity contribution in [3.63, 3.8) is 0 Å². The molecule has 3 fully saturated rings. The van der Waals surface area contributed by atoms with Crippen LogP contribution in [0.4, 0.5) is 0 Å². The average molecular weight is 365 g/mol. The number of hydrogen-bond donors (Lipinski definition) is 0. The molecule has 0 aliphatic carbocycles. The number of carbonyl (C=O) groups excluding carboxylic acids is 2. The van der Waals surface area contributed by atoms with Crippen LogP contribution in [-0.2, 0) is 10.5 Å². The van der Waals surface area contributed by atoms with E-state index in [4.69, 9.17) is 4.42 Å². The van der Waals surface area contributed by atoms with Crippen molar-refractivity contribution < 1.29 is 14.0 Å². The first kappa shape index (κ1) is 18.4. The smallest absolute Gasteiger partial charge is 0.289 e. The van der Waals surface area contributed by atoms with Gasteiger partial charge in [0.15, 0.2) is 5.76 Å². The molecule has 138 valence electrons. The highest BCUT2D eigenvalue weighted by atomic mass is 32.2. The zero-order chi connectivity index (χ0) is 18.0. The lowest BCUT2D eigenvalue weighted by molar-refractivity contribution is -0.138. The molecule has 6 heteroatoms. The monoisotopic (exact) mass is 364 g/mol. The Bertz CT molecular complexity index is 643. The van der Waals surface area contributed by atoms with Crippen LogP contribution in [0.2, 0.25) is 0 Å². The minimum Gasteiger partial charge on any atom is -0.456 e. The van der Waals surface area contributed by atoms with Gasteiger partial charge in [-0.05, 0) is 38.0 Å². The lowest BCUT2D eigenvalue weighted by Crippen LogP contribution is -2.45. The van der Waals surface area contributed by atoms with Gasteiger partial charge < -0.3 is 14.2 Å². The predicted octanol–water partition coefficient (Wildman–Crippen LogP) is 3.31. The van der Waals surface area contributed by atoms with Crippen molar-refractivity contribution in [2.45, 2.75) is 51.3 Å². The molecule has 1 aromatic rings. The van der Waals surface area contributed by atoms with Crippen LogP contribution in [0.1, 0.15) is 54.5 Å². The number of carbonyl (C=O) groups is 2. The van der Waals surface area contributed by atoms with E-state index in [1.807, 2.05) is 41.6 Å². The molecule has 0 aromatic carbocycles. The topological polar surface area (TPSA) is 53.8 Å². The van der Waals surface area contributed by atoms with Crippen LogP contribution < -0.4 is 0 Å². The molecule has 0 spiro atoms. The van der Waals surface area contributed by atoms with Crippen LogP contribution >= 0.6 is 11.8 Å². The van der Waals surface area contributed by atoms with Gasteiger partial charge in [-0.1, -0.05) is 13.3 Å². The Morgan fingerprint density at radius 1 is 1.36 bits per heavy atom. The highest BCUT2D eigenvalue weighted by Crippen LogP contribution is 2.29. The molecule has 4 rings (SSSR count). The Hall–Kier alpha value is -1.43. The first-order valence-corrected chi connectivity index (χ1v) is 10.4. The van der Waals surface area contributed by atoms with Crippen LogP contribution in [0.5, 0.6) is 0 Å². The van der Waals surface area contributed by atoms with E-state index >= 15 is 0 Å². The number of likely N-dealkylation sites (N-methyl/N-ethyl adjacent to an activating group) is 1. The number of amides is 2. The van der Waals surface area contributed by atoms with Crippen LogP contribution in [-0.4, -0.2) is 53.5 Å². The highest BCUT2D eigenvalue weighted by Gasteiger charge is 2.40. The molecule has 2 amide bonds. The molecule has 5 nitrogen and oxygen atoms in total. The normalized spacial score (nSPS) is 23.2. The fraction of sp³-hybridized carbons (Fsp3) is 0.684. The Morgan fingerprint density at radius 3 is 2.92 bits per heavy atom. The quantitative estimate of drug-likeness (QED) is 0.727. The molecule has 1 aromatic heterocycles. The molecule has 3 aliphatic heterocycles. The maximum absolute atomic E-state index is 12.9. The standard InChI is InChI=1S/C19H28N2O3S/c1-4-5-8-25-12-15-9-17(24-13(15)2)19(23)21-10-14-6-7-16(11-21)20(3)18(14)22/h9,14,16H,4-8,10-12H2,1-3H3/t14-,16+/m0/s1. The van der Waals surface area contributed by atoms with Gasteiger partial charge in [0.1, 0.15) is 5.76 Å². The van der Waals surface area contributed by atoms with Crippen molar-refractivity contribution in [1.82, 2.24) is 9.80 Å². The summed E-state index contributed by atoms with van der Waals surface area (Å²) in [6, 6.07) is 2.03. The van der Waals surface area contributed by atoms with E-state index < -0.39 is 0 Å². The Balaban J connectivity index is 1.68. The third kappa shape index (κ3) is 3.89. The minimum atomic E-state index is -0.0760. The Kier molecular flexibility index (Phi) is 5.77. The van der Waals surface area contributed by atoms with E-state index in [0.717, 1.165) is 35.7 Å². The molecule has 0 saturated carbocycles. The van der Waals surface area contributed by atoms with Gasteiger partial charge >= 0.3 is 0 Å². The summed E-state index contributed by atoms with van der Waals surface area (Å²) < 4.78 is 5.77. The largest absolute Gasteiger partial charge is 0.456 e. The zero-order valence-electron chi connectivity index (χ0n) is 15.4. The Morgan fingerprint density at radius 2 is 2.16 bits per heavy atom. The molecule has 25 heavy (non-hydrogen) atoms. The first-order chi connectivity index (χ1) is 12.0. The lowest BCUT2D eigenvalue weighted by Gasteiger charge is -2.32. The SMILES string of the molecule is CCCCSCc1cc(C(=O)N2C[C@@H]3CC[C@H](C2)N(C)C3=O)oc1C. The third-order valence-corrected chi connectivity index (χ3v) is 6.48. The van der Waals surface area contributed by atoms with Gasteiger partial charge in [0.2, 0.25) is 5.91 Å². The maximum Gasteiger partial charge on any atom is 0.289 e. The fourth-order valence-corrected chi connectivity index (χ4v) is 4.82. The zero-order valence-corrected chi connectivity index (χ0v) is 16.2. The number of unbranched alkanes of at least 4 members (excludes halogenated alkanes) is 1. The van der Waals surface area contributed by atoms with Gasteiger partial charge in [0.25, 0.3) is 5.91 Å². The summed E-state index contributed by atoms with van der Waals surface area (Å²) in [7, 11) is 1.86. The van der Waals surface area contributed by atoms with Gasteiger partial charge in [0.05, 0.1) is 5.92 Å². The van der Waals surface area contributed by atoms with Gasteiger partial charge in [-0.2, -0.15) is 11.8 Å². The van der Waals surface area contributed by atoms with E-state index in [-0.39, 0.29) is 23.8 Å². The summed E-state index contributed by atoms with van der Waals surface area (Å²) in [6.07, 6.45) is 4.28. The van der Waals surface area contributed by atoms with Crippen LogP contribution in [0.3, 0.4) is 0 Å². The molecule has 0 N–H and O–H groups in total. The number of thioether (sulfide) groups is 1. The van der Waals surface area contributed by atoms with Crippen molar-refractivity contribution in [2.24, 2.45) is 5.92 Å². The van der Waals surface area contributed by atoms with Crippen molar-refractivity contribution in [3.05, 3.63) is 23.2 Å². The van der Waals surface area contributed by atoms with Gasteiger partial charge in [0, 0.05) is 37.5 Å². The van der Waals surface area contributed by atoms with E-state index in [1.54, 1.807) is 0 Å². The molecule has 4 heterocycles. The summed E-state index contributed by atoms with van der Waals surface area (Å²) in [6.45, 7) is 5.24. The molecule has 3 aliphatic rings. The van der Waals surface area contributed by atoms with Crippen molar-refractivity contribution in [3.8, 4) is 0 Å². The van der Waals surface area contributed by atoms with Gasteiger partial charge in [-0.15, -0.1) is 0 Å². The number of piperidine rings is 1. The first-order valence-electron chi connectivity index (χ1n) is 9.24. The molecule has 2 atom stereocenters. The van der Waals surface area contributed by atoms with E-state index in [0.29, 0.717) is 18.8 Å². The second-order valence-corrected chi connectivity index (χ2v) is 8.29. The van der Waals surface area contributed by atoms with Gasteiger partial charge in [-0.3, -0.25) is 9.59 Å². The predicted molar refractivity (Wildman–Crippen MR) is 99.7 cm³/mol. The molecule has 0 radical (unpaired) electrons. The van der Waals surface area contributed by atoms with Crippen LogP contribution in [0, 0.1) is 12.8 Å². The molecule has 3 saturated heterocycles. The van der Waals surface area contributed by atoms with Gasteiger partial charge in [-0.25, -0.2) is 0 Å². The molecule has 0 unspecified atom stereocenters. The number of hydrogen-bond acceptors (Lipinski definition) is 4. The highest BCUT2D eigenvalue weighted by molar-refractivity contribution is 7.98. The summed E-state index contributed by atoms with van der Waals surface area (Å²) in [5, 5.41) is 0. The van der Waals surface area contributed by atoms with E-state index in [1.165, 1.54) is 12.8 Å². The lowest BCUT2D eigenvalue weighted by atomic mass is 9.95. The summed E-state index contributed by atoms with van der Waals surface area (Å²) in [5.74, 6) is 3.30. The van der Waals surface area contributed by atoms with Crippen molar-refractivity contribution in [2.75, 3.05) is 25.9 Å². The average Bonchev–Trinajstić information content (AvgIpc) is 2.78. The third-order valence-electron chi connectivity index (χ3n) is 5.38. The second-order valence-electron chi connectivity index (χ2n) is 7.19. The van der Waals surface area contributed by atoms with Crippen LogP contribution in [0.15, 0.2) is 10.5 Å². The maximum atomic E-state index is 12.9. The summed E-state index contributed by atoms with van der Waals surface area (Å²) >= 11 is 1.88. The van der Waals surface area contributed by atoms with Crippen molar-refractivity contribution >= 4 is 23.6 Å². The number of rotatable bonds is 6. The molecular weight excluding hydrogens is 336 g/mol. The van der Waals surface area contributed by atoms with Crippen molar-refractivity contribution in [1.29, 1.82) is 0 Å². The van der Waals surface area contributed by atoms with Crippen LogP contribution in [0.25, 0.3) is 0 Å². The fourth-order valence-electron chi connectivity index (χ4n) is 3.68. The number of nitrogens with zero attached hydrogens (tertiary/aromatic N) is 2. The Labute approximate surface area is 154 Å². The molecular formula is C19H28N2O3S. The van der Waals surface area contributed by atoms with E-state index in [2.05, 4.69) is 6.92 Å². The number of fused-ring (bicyclic) bond motifs is 4. The summed E-state index contributed by atoms with van der Waals surface area (Å²) in [4.78, 5) is 28.9. The second kappa shape index (κ2) is 7.85.